The Morgan fingerprint density at radius 2 is 2.16 bits per heavy atom. The summed E-state index contributed by atoms with van der Waals surface area (Å²) in [7, 11) is 1.75. The molecule has 0 fully saturated rings. The molecule has 0 aliphatic heterocycles. The van der Waals surface area contributed by atoms with Crippen molar-refractivity contribution in [3.8, 4) is 0 Å². The van der Waals surface area contributed by atoms with Crippen molar-refractivity contribution in [1.29, 1.82) is 0 Å². The first-order valence-corrected chi connectivity index (χ1v) is 6.48. The summed E-state index contributed by atoms with van der Waals surface area (Å²) >= 11 is 0. The summed E-state index contributed by atoms with van der Waals surface area (Å²) in [4.78, 5) is 25.6. The lowest BCUT2D eigenvalue weighted by Gasteiger charge is -2.26. The molecule has 0 aliphatic carbocycles. The van der Waals surface area contributed by atoms with Crippen LogP contribution in [-0.4, -0.2) is 45.8 Å². The van der Waals surface area contributed by atoms with Crippen molar-refractivity contribution in [2.45, 2.75) is 33.2 Å². The van der Waals surface area contributed by atoms with Crippen molar-refractivity contribution >= 4 is 11.9 Å². The van der Waals surface area contributed by atoms with Crippen molar-refractivity contribution in [2.75, 3.05) is 13.2 Å². The molecule has 6 heteroatoms. The fourth-order valence-corrected chi connectivity index (χ4v) is 1.78. The SMILES string of the molecule is CCCN(C(=O)c1ccn(C)n1)[C@@H](C)C(=O)OCC. The van der Waals surface area contributed by atoms with E-state index in [1.807, 2.05) is 6.92 Å². The molecule has 0 unspecified atom stereocenters. The van der Waals surface area contributed by atoms with Gasteiger partial charge < -0.3 is 9.64 Å². The van der Waals surface area contributed by atoms with Crippen LogP contribution in [0.1, 0.15) is 37.7 Å². The second-order valence-electron chi connectivity index (χ2n) is 4.30. The monoisotopic (exact) mass is 267 g/mol. The number of carbonyl (C=O) groups excluding carboxylic acids is 2. The van der Waals surface area contributed by atoms with Crippen molar-refractivity contribution in [3.05, 3.63) is 18.0 Å². The van der Waals surface area contributed by atoms with Gasteiger partial charge in [-0.2, -0.15) is 5.10 Å². The zero-order valence-corrected chi connectivity index (χ0v) is 11.9. The first-order chi connectivity index (χ1) is 9.01. The number of hydrogen-bond donors (Lipinski definition) is 0. The fourth-order valence-electron chi connectivity index (χ4n) is 1.78. The van der Waals surface area contributed by atoms with Crippen LogP contribution >= 0.6 is 0 Å². The van der Waals surface area contributed by atoms with Crippen LogP contribution in [0.25, 0.3) is 0 Å². The van der Waals surface area contributed by atoms with Crippen molar-refractivity contribution in [2.24, 2.45) is 7.05 Å². The summed E-state index contributed by atoms with van der Waals surface area (Å²) in [6.45, 7) is 6.18. The number of ether oxygens (including phenoxy) is 1. The number of esters is 1. The van der Waals surface area contributed by atoms with E-state index in [9.17, 15) is 9.59 Å². The molecule has 0 aromatic carbocycles. The van der Waals surface area contributed by atoms with Crippen LogP contribution in [0.3, 0.4) is 0 Å². The average Bonchev–Trinajstić information content (AvgIpc) is 2.81. The highest BCUT2D eigenvalue weighted by atomic mass is 16.5. The minimum absolute atomic E-state index is 0.247. The second-order valence-corrected chi connectivity index (χ2v) is 4.30. The van der Waals surface area contributed by atoms with E-state index < -0.39 is 6.04 Å². The third kappa shape index (κ3) is 3.81. The van der Waals surface area contributed by atoms with E-state index in [1.165, 1.54) is 4.90 Å². The molecule has 0 spiro atoms. The Hall–Kier alpha value is -1.85. The fraction of sp³-hybridized carbons (Fsp3) is 0.615. The Balaban J connectivity index is 2.87. The molecule has 19 heavy (non-hydrogen) atoms. The van der Waals surface area contributed by atoms with Crippen LogP contribution in [0.15, 0.2) is 12.3 Å². The summed E-state index contributed by atoms with van der Waals surface area (Å²) in [5.74, 6) is -0.636. The number of rotatable bonds is 6. The van der Waals surface area contributed by atoms with E-state index in [2.05, 4.69) is 5.10 Å². The predicted octanol–water partition coefficient (Wildman–Crippen LogP) is 1.22. The first kappa shape index (κ1) is 15.2. The van der Waals surface area contributed by atoms with E-state index in [1.54, 1.807) is 37.8 Å². The smallest absolute Gasteiger partial charge is 0.328 e. The van der Waals surface area contributed by atoms with Gasteiger partial charge in [-0.1, -0.05) is 6.92 Å². The molecule has 1 amide bonds. The van der Waals surface area contributed by atoms with Gasteiger partial charge in [0.05, 0.1) is 6.61 Å². The van der Waals surface area contributed by atoms with E-state index in [0.717, 1.165) is 6.42 Å². The summed E-state index contributed by atoms with van der Waals surface area (Å²) in [5.41, 5.74) is 0.340. The van der Waals surface area contributed by atoms with E-state index >= 15 is 0 Å². The first-order valence-electron chi connectivity index (χ1n) is 6.48. The standard InChI is InChI=1S/C13H21N3O3/c1-5-8-16(10(3)13(18)19-6-2)12(17)11-7-9-15(4)14-11/h7,9-10H,5-6,8H2,1-4H3/t10-/m0/s1. The van der Waals surface area contributed by atoms with Gasteiger partial charge in [-0.3, -0.25) is 9.48 Å². The Morgan fingerprint density at radius 1 is 1.47 bits per heavy atom. The number of hydrogen-bond acceptors (Lipinski definition) is 4. The quantitative estimate of drug-likeness (QED) is 0.727. The molecule has 106 valence electrons. The molecule has 0 saturated heterocycles. The Labute approximate surface area is 113 Å². The molecule has 1 heterocycles. The van der Waals surface area contributed by atoms with E-state index in [0.29, 0.717) is 18.8 Å². The van der Waals surface area contributed by atoms with Crippen LogP contribution in [0.5, 0.6) is 0 Å². The van der Waals surface area contributed by atoms with Gasteiger partial charge in [0.25, 0.3) is 5.91 Å². The van der Waals surface area contributed by atoms with Gasteiger partial charge in [-0.15, -0.1) is 0 Å². The molecule has 0 aliphatic rings. The largest absolute Gasteiger partial charge is 0.464 e. The van der Waals surface area contributed by atoms with Gasteiger partial charge in [0, 0.05) is 19.8 Å². The Kier molecular flexibility index (Phi) is 5.54. The molecule has 0 bridgehead atoms. The zero-order valence-electron chi connectivity index (χ0n) is 11.9. The minimum atomic E-state index is -0.602. The lowest BCUT2D eigenvalue weighted by Crippen LogP contribution is -2.44. The van der Waals surface area contributed by atoms with Gasteiger partial charge in [0.15, 0.2) is 0 Å². The molecule has 1 atom stereocenters. The highest BCUT2D eigenvalue weighted by Crippen LogP contribution is 2.09. The van der Waals surface area contributed by atoms with Crippen LogP contribution in [0, 0.1) is 0 Å². The molecular formula is C13H21N3O3. The number of carbonyl (C=O) groups is 2. The van der Waals surface area contributed by atoms with E-state index in [4.69, 9.17) is 4.74 Å². The third-order valence-electron chi connectivity index (χ3n) is 2.75. The van der Waals surface area contributed by atoms with Crippen LogP contribution in [0.2, 0.25) is 0 Å². The van der Waals surface area contributed by atoms with Gasteiger partial charge in [0.1, 0.15) is 11.7 Å². The second kappa shape index (κ2) is 6.92. The topological polar surface area (TPSA) is 64.4 Å². The highest BCUT2D eigenvalue weighted by molar-refractivity contribution is 5.95. The molecule has 0 radical (unpaired) electrons. The Morgan fingerprint density at radius 3 is 2.63 bits per heavy atom. The number of aryl methyl sites for hydroxylation is 1. The molecule has 1 aromatic rings. The zero-order chi connectivity index (χ0) is 14.4. The normalized spacial score (nSPS) is 12.0. The lowest BCUT2D eigenvalue weighted by molar-refractivity contribution is -0.147. The lowest BCUT2D eigenvalue weighted by atomic mass is 10.2. The maximum absolute atomic E-state index is 12.3. The van der Waals surface area contributed by atoms with Crippen molar-refractivity contribution in [1.82, 2.24) is 14.7 Å². The van der Waals surface area contributed by atoms with E-state index in [-0.39, 0.29) is 11.9 Å². The maximum atomic E-state index is 12.3. The average molecular weight is 267 g/mol. The molecule has 1 aromatic heterocycles. The number of nitrogens with zero attached hydrogens (tertiary/aromatic N) is 3. The molecular weight excluding hydrogens is 246 g/mol. The molecule has 0 N–H and O–H groups in total. The van der Waals surface area contributed by atoms with Gasteiger partial charge >= 0.3 is 5.97 Å². The van der Waals surface area contributed by atoms with Gasteiger partial charge in [-0.05, 0) is 26.3 Å². The maximum Gasteiger partial charge on any atom is 0.328 e. The summed E-state index contributed by atoms with van der Waals surface area (Å²) in [6.07, 6.45) is 2.47. The molecule has 6 nitrogen and oxygen atoms in total. The van der Waals surface area contributed by atoms with Gasteiger partial charge in [-0.25, -0.2) is 4.79 Å². The predicted molar refractivity (Wildman–Crippen MR) is 70.6 cm³/mol. The Bertz CT molecular complexity index is 442. The van der Waals surface area contributed by atoms with Crippen molar-refractivity contribution in [3.63, 3.8) is 0 Å². The summed E-state index contributed by atoms with van der Waals surface area (Å²) < 4.78 is 6.53. The third-order valence-corrected chi connectivity index (χ3v) is 2.75. The van der Waals surface area contributed by atoms with Crippen LogP contribution < -0.4 is 0 Å². The summed E-state index contributed by atoms with van der Waals surface area (Å²) in [5, 5.41) is 4.07. The van der Waals surface area contributed by atoms with Crippen LogP contribution in [0.4, 0.5) is 0 Å². The van der Waals surface area contributed by atoms with Crippen LogP contribution in [-0.2, 0) is 16.6 Å². The highest BCUT2D eigenvalue weighted by Gasteiger charge is 2.28. The molecule has 0 saturated carbocycles. The van der Waals surface area contributed by atoms with Gasteiger partial charge in [0.2, 0.25) is 0 Å². The number of amides is 1. The number of aromatic nitrogens is 2. The van der Waals surface area contributed by atoms with Crippen molar-refractivity contribution < 1.29 is 14.3 Å². The minimum Gasteiger partial charge on any atom is -0.464 e. The molecule has 1 rings (SSSR count). The summed E-state index contributed by atoms with van der Waals surface area (Å²) in [6, 6.07) is 1.04.